The average molecular weight is 791 g/mol. The fourth-order valence-electron chi connectivity index (χ4n) is 10.2. The van der Waals surface area contributed by atoms with Crippen LogP contribution in [0, 0.1) is 0 Å². The van der Waals surface area contributed by atoms with Gasteiger partial charge >= 0.3 is 0 Å². The molecule has 0 N–H and O–H groups in total. The summed E-state index contributed by atoms with van der Waals surface area (Å²) in [7, 11) is 0. The molecule has 0 amide bonds. The lowest BCUT2D eigenvalue weighted by Gasteiger charge is -2.31. The molecule has 1 aliphatic heterocycles. The van der Waals surface area contributed by atoms with Crippen molar-refractivity contribution in [1.29, 1.82) is 0 Å². The second kappa shape index (κ2) is 15.0. The maximum absolute atomic E-state index is 2.54. The van der Waals surface area contributed by atoms with Crippen molar-refractivity contribution in [3.63, 3.8) is 0 Å². The van der Waals surface area contributed by atoms with Gasteiger partial charge in [0.25, 0.3) is 0 Å². The first-order valence-corrected chi connectivity index (χ1v) is 21.6. The molecule has 2 heteroatoms. The van der Waals surface area contributed by atoms with Crippen molar-refractivity contribution in [2.45, 2.75) is 12.0 Å². The lowest BCUT2D eigenvalue weighted by Crippen LogP contribution is -2.28. The van der Waals surface area contributed by atoms with Gasteiger partial charge in [0, 0.05) is 39.6 Å². The third-order valence-corrected chi connectivity index (χ3v) is 13.0. The number of benzene rings is 10. The smallest absolute Gasteiger partial charge is 0.0629 e. The molecule has 2 aliphatic rings. The summed E-state index contributed by atoms with van der Waals surface area (Å²) in [5.41, 5.74) is 14.5. The Morgan fingerprint density at radius 3 is 1.74 bits per heavy atom. The zero-order valence-electron chi connectivity index (χ0n) is 34.1. The quantitative estimate of drug-likeness (QED) is 0.159. The van der Waals surface area contributed by atoms with Crippen LogP contribution in [0.25, 0.3) is 65.7 Å². The van der Waals surface area contributed by atoms with Crippen LogP contribution in [0.5, 0.6) is 0 Å². The van der Waals surface area contributed by atoms with Gasteiger partial charge in [-0.05, 0) is 103 Å². The third kappa shape index (κ3) is 5.95. The topological polar surface area (TPSA) is 6.48 Å². The Morgan fingerprint density at radius 1 is 0.355 bits per heavy atom. The molecule has 0 saturated heterocycles. The van der Waals surface area contributed by atoms with E-state index in [2.05, 4.69) is 252 Å². The number of rotatable bonds is 7. The molecule has 0 saturated carbocycles. The molecule has 2 nitrogen and oxygen atoms in total. The van der Waals surface area contributed by atoms with Crippen molar-refractivity contribution < 1.29 is 0 Å². The van der Waals surface area contributed by atoms with Gasteiger partial charge in [0.1, 0.15) is 0 Å². The average Bonchev–Trinajstić information content (AvgIpc) is 3.68. The van der Waals surface area contributed by atoms with Gasteiger partial charge in [-0.25, -0.2) is 0 Å². The zero-order valence-corrected chi connectivity index (χ0v) is 34.1. The number of hydrogen-bond donors (Lipinski definition) is 0. The molecule has 2 atom stereocenters. The molecule has 62 heavy (non-hydrogen) atoms. The Balaban J connectivity index is 1.02. The van der Waals surface area contributed by atoms with Gasteiger partial charge in [0.15, 0.2) is 0 Å². The minimum Gasteiger partial charge on any atom is -0.333 e. The molecule has 0 fully saturated rings. The van der Waals surface area contributed by atoms with Gasteiger partial charge in [-0.15, -0.1) is 0 Å². The summed E-state index contributed by atoms with van der Waals surface area (Å²) in [6, 6.07) is 80.4. The maximum Gasteiger partial charge on any atom is 0.0629 e. The zero-order chi connectivity index (χ0) is 41.0. The van der Waals surface area contributed by atoms with E-state index in [1.54, 1.807) is 0 Å². The van der Waals surface area contributed by atoms with Crippen LogP contribution in [0.2, 0.25) is 0 Å². The predicted molar refractivity (Wildman–Crippen MR) is 263 cm³/mol. The predicted octanol–water partition coefficient (Wildman–Crippen LogP) is 16.3. The van der Waals surface area contributed by atoms with Crippen LogP contribution in [0.3, 0.4) is 0 Å². The van der Waals surface area contributed by atoms with Gasteiger partial charge < -0.3 is 9.80 Å². The normalized spacial score (nSPS) is 15.3. The van der Waals surface area contributed by atoms with Crippen LogP contribution in [-0.4, -0.2) is 6.04 Å². The lowest BCUT2D eigenvalue weighted by molar-refractivity contribution is 0.745. The van der Waals surface area contributed by atoms with Gasteiger partial charge in [-0.3, -0.25) is 0 Å². The minimum atomic E-state index is 0.229. The molecule has 0 bridgehead atoms. The first-order valence-electron chi connectivity index (χ1n) is 21.6. The highest BCUT2D eigenvalue weighted by molar-refractivity contribution is 6.10. The van der Waals surface area contributed by atoms with E-state index in [0.29, 0.717) is 5.92 Å². The summed E-state index contributed by atoms with van der Waals surface area (Å²) in [5, 5.41) is 7.40. The van der Waals surface area contributed by atoms with Crippen LogP contribution in [0.15, 0.2) is 243 Å². The van der Waals surface area contributed by atoms with E-state index >= 15 is 0 Å². The maximum atomic E-state index is 2.54. The monoisotopic (exact) mass is 790 g/mol. The summed E-state index contributed by atoms with van der Waals surface area (Å²) in [6.07, 6.45) is 9.09. The number of allylic oxidation sites excluding steroid dienone is 2. The number of nitrogens with zero attached hydrogens (tertiary/aromatic N) is 2. The SMILES string of the molecule is C1=CC2c3ccccc3N(c3ccccc3-c3ccc(N(c4cccc(-c5cccc6ccccc56)c4)c4ccc(-c5cccc6ccccc56)c5ccccc45)cc3)C2C=C1. The summed E-state index contributed by atoms with van der Waals surface area (Å²) in [5.74, 6) is 0.326. The van der Waals surface area contributed by atoms with Crippen molar-refractivity contribution in [3.8, 4) is 33.4 Å². The van der Waals surface area contributed by atoms with E-state index in [4.69, 9.17) is 0 Å². The highest BCUT2D eigenvalue weighted by Gasteiger charge is 2.37. The van der Waals surface area contributed by atoms with Crippen LogP contribution in [0.1, 0.15) is 11.5 Å². The van der Waals surface area contributed by atoms with E-state index in [-0.39, 0.29) is 6.04 Å². The fourth-order valence-corrected chi connectivity index (χ4v) is 10.2. The highest BCUT2D eigenvalue weighted by Crippen LogP contribution is 2.50. The second-order valence-corrected chi connectivity index (χ2v) is 16.4. The standard InChI is InChI=1S/C60H42N2/c1-3-22-47-41(16-1)18-14-29-49(47)44-20-13-21-46(40-44)61(60-39-38-53(52-25-5-6-26-54(52)60)51-30-15-19-42-17-2-4-23-48(42)51)45-36-34-43(35-37-45)50-24-7-10-31-57(50)62-58-32-11-8-27-55(58)56-28-9-12-33-59(56)62/h1-40,55,58H. The van der Waals surface area contributed by atoms with Crippen molar-refractivity contribution >= 4 is 60.8 Å². The van der Waals surface area contributed by atoms with E-state index in [0.717, 1.165) is 17.1 Å². The molecule has 0 spiro atoms. The van der Waals surface area contributed by atoms with Crippen molar-refractivity contribution in [3.05, 3.63) is 248 Å². The van der Waals surface area contributed by atoms with E-state index in [1.165, 1.54) is 82.6 Å². The minimum absolute atomic E-state index is 0.229. The van der Waals surface area contributed by atoms with Gasteiger partial charge in [0.2, 0.25) is 0 Å². The van der Waals surface area contributed by atoms with Crippen LogP contribution < -0.4 is 9.80 Å². The molecule has 0 aromatic heterocycles. The first-order chi connectivity index (χ1) is 30.8. The number of fused-ring (bicyclic) bond motifs is 6. The van der Waals surface area contributed by atoms with Crippen LogP contribution in [0.4, 0.5) is 28.4 Å². The Morgan fingerprint density at radius 2 is 0.935 bits per heavy atom. The summed E-state index contributed by atoms with van der Waals surface area (Å²) in [4.78, 5) is 4.98. The second-order valence-electron chi connectivity index (χ2n) is 16.4. The summed E-state index contributed by atoms with van der Waals surface area (Å²) in [6.45, 7) is 0. The van der Waals surface area contributed by atoms with Gasteiger partial charge in [0.05, 0.1) is 11.7 Å². The van der Waals surface area contributed by atoms with Crippen molar-refractivity contribution in [1.82, 2.24) is 0 Å². The Bertz CT molecular complexity index is 3380. The molecule has 12 rings (SSSR count). The first kappa shape index (κ1) is 36.0. The van der Waals surface area contributed by atoms with Crippen LogP contribution >= 0.6 is 0 Å². The summed E-state index contributed by atoms with van der Waals surface area (Å²) >= 11 is 0. The van der Waals surface area contributed by atoms with E-state index in [1.807, 2.05) is 0 Å². The fraction of sp³-hybridized carbons (Fsp3) is 0.0333. The molecule has 292 valence electrons. The molecule has 1 heterocycles. The molecule has 10 aromatic rings. The third-order valence-electron chi connectivity index (χ3n) is 13.0. The Kier molecular flexibility index (Phi) is 8.67. The van der Waals surface area contributed by atoms with Gasteiger partial charge in [-0.2, -0.15) is 0 Å². The largest absolute Gasteiger partial charge is 0.333 e. The Hall–Kier alpha value is -7.94. The number of hydrogen-bond acceptors (Lipinski definition) is 2. The lowest BCUT2D eigenvalue weighted by atomic mass is 9.91. The van der Waals surface area contributed by atoms with Crippen molar-refractivity contribution in [2.75, 3.05) is 9.80 Å². The Labute approximate surface area is 362 Å². The molecular formula is C60H42N2. The highest BCUT2D eigenvalue weighted by atomic mass is 15.2. The number of para-hydroxylation sites is 2. The molecule has 2 unspecified atom stereocenters. The molecular weight excluding hydrogens is 749 g/mol. The molecule has 1 aliphatic carbocycles. The van der Waals surface area contributed by atoms with E-state index in [9.17, 15) is 0 Å². The van der Waals surface area contributed by atoms with E-state index < -0.39 is 0 Å². The number of anilines is 5. The molecule has 10 aromatic carbocycles. The van der Waals surface area contributed by atoms with Crippen LogP contribution in [-0.2, 0) is 0 Å². The molecule has 0 radical (unpaired) electrons. The summed E-state index contributed by atoms with van der Waals surface area (Å²) < 4.78 is 0. The van der Waals surface area contributed by atoms with Gasteiger partial charge in [-0.1, -0.05) is 200 Å². The van der Waals surface area contributed by atoms with Crippen molar-refractivity contribution in [2.24, 2.45) is 0 Å².